The SMILES string of the molecule is CC(C#N)OCc1[nH]cnc1C(CCC#N)OC(C)(C#N)c1ccccc1. The van der Waals surface area contributed by atoms with Crippen molar-refractivity contribution in [1.29, 1.82) is 15.8 Å². The van der Waals surface area contributed by atoms with Crippen molar-refractivity contribution in [3.05, 3.63) is 53.6 Å². The number of imidazole rings is 1. The fourth-order valence-electron chi connectivity index (χ4n) is 2.62. The molecule has 0 aliphatic heterocycles. The Labute approximate surface area is 158 Å². The van der Waals surface area contributed by atoms with Crippen molar-refractivity contribution < 1.29 is 9.47 Å². The van der Waals surface area contributed by atoms with Crippen molar-refractivity contribution in [3.8, 4) is 18.2 Å². The van der Waals surface area contributed by atoms with Crippen LogP contribution in [0.5, 0.6) is 0 Å². The van der Waals surface area contributed by atoms with Gasteiger partial charge in [-0.2, -0.15) is 15.8 Å². The Morgan fingerprint density at radius 2 is 1.96 bits per heavy atom. The van der Waals surface area contributed by atoms with Crippen molar-refractivity contribution in [2.45, 2.75) is 51.1 Å². The normalized spacial score (nSPS) is 14.9. The molecule has 7 nitrogen and oxygen atoms in total. The molecule has 7 heteroatoms. The summed E-state index contributed by atoms with van der Waals surface area (Å²) >= 11 is 0. The molecule has 0 fully saturated rings. The summed E-state index contributed by atoms with van der Waals surface area (Å²) in [4.78, 5) is 7.32. The van der Waals surface area contributed by atoms with Crippen molar-refractivity contribution in [2.24, 2.45) is 0 Å². The highest BCUT2D eigenvalue weighted by Crippen LogP contribution is 2.34. The van der Waals surface area contributed by atoms with Crippen LogP contribution in [0.25, 0.3) is 0 Å². The molecule has 2 aromatic rings. The molecule has 0 aliphatic carbocycles. The first-order valence-electron chi connectivity index (χ1n) is 8.59. The van der Waals surface area contributed by atoms with E-state index in [9.17, 15) is 5.26 Å². The molecule has 0 radical (unpaired) electrons. The number of H-pyrrole nitrogens is 1. The van der Waals surface area contributed by atoms with Gasteiger partial charge in [-0.25, -0.2) is 4.98 Å². The van der Waals surface area contributed by atoms with E-state index in [2.05, 4.69) is 22.1 Å². The highest BCUT2D eigenvalue weighted by molar-refractivity contribution is 5.28. The lowest BCUT2D eigenvalue weighted by Crippen LogP contribution is -2.27. The molecule has 0 amide bonds. The van der Waals surface area contributed by atoms with E-state index in [0.29, 0.717) is 17.8 Å². The van der Waals surface area contributed by atoms with Gasteiger partial charge in [-0.3, -0.25) is 0 Å². The number of aromatic nitrogens is 2. The molecular formula is C20H21N5O2. The Hall–Kier alpha value is -3.18. The maximum atomic E-state index is 9.76. The van der Waals surface area contributed by atoms with E-state index in [1.165, 1.54) is 6.33 Å². The number of ether oxygens (including phenoxy) is 2. The van der Waals surface area contributed by atoms with Crippen molar-refractivity contribution in [3.63, 3.8) is 0 Å². The first-order chi connectivity index (χ1) is 13.0. The van der Waals surface area contributed by atoms with Crippen LogP contribution in [-0.4, -0.2) is 16.1 Å². The molecule has 0 bridgehead atoms. The highest BCUT2D eigenvalue weighted by atomic mass is 16.5. The third-order valence-corrected chi connectivity index (χ3v) is 4.15. The predicted octanol–water partition coefficient (Wildman–Crippen LogP) is 3.64. The Morgan fingerprint density at radius 1 is 1.22 bits per heavy atom. The highest BCUT2D eigenvalue weighted by Gasteiger charge is 2.33. The number of rotatable bonds is 9. The van der Waals surface area contributed by atoms with Crippen LogP contribution < -0.4 is 0 Å². The topological polar surface area (TPSA) is 119 Å². The van der Waals surface area contributed by atoms with E-state index in [1.54, 1.807) is 13.8 Å². The summed E-state index contributed by atoms with van der Waals surface area (Å²) in [6.07, 6.45) is 1.01. The molecule has 27 heavy (non-hydrogen) atoms. The number of nitrogens with one attached hydrogen (secondary N) is 1. The van der Waals surface area contributed by atoms with Crippen LogP contribution in [0.1, 0.15) is 49.7 Å². The Morgan fingerprint density at radius 3 is 2.59 bits per heavy atom. The molecule has 1 heterocycles. The van der Waals surface area contributed by atoms with Gasteiger partial charge in [-0.05, 0) is 25.8 Å². The van der Waals surface area contributed by atoms with Crippen LogP contribution in [0.4, 0.5) is 0 Å². The second-order valence-electron chi connectivity index (χ2n) is 6.16. The second-order valence-corrected chi connectivity index (χ2v) is 6.16. The number of hydrogen-bond donors (Lipinski definition) is 1. The van der Waals surface area contributed by atoms with Gasteiger partial charge in [-0.1, -0.05) is 30.3 Å². The number of benzene rings is 1. The summed E-state index contributed by atoms with van der Waals surface area (Å²) in [6, 6.07) is 15.5. The van der Waals surface area contributed by atoms with E-state index in [-0.39, 0.29) is 13.0 Å². The molecule has 0 saturated carbocycles. The molecule has 0 saturated heterocycles. The molecule has 2 rings (SSSR count). The van der Waals surface area contributed by atoms with Crippen molar-refractivity contribution in [2.75, 3.05) is 0 Å². The third kappa shape index (κ3) is 5.15. The minimum absolute atomic E-state index is 0.158. The molecule has 3 atom stereocenters. The molecule has 1 aromatic heterocycles. The zero-order valence-corrected chi connectivity index (χ0v) is 15.3. The van der Waals surface area contributed by atoms with E-state index < -0.39 is 17.8 Å². The Bertz CT molecular complexity index is 859. The largest absolute Gasteiger partial charge is 0.357 e. The first-order valence-corrected chi connectivity index (χ1v) is 8.59. The van der Waals surface area contributed by atoms with Gasteiger partial charge >= 0.3 is 0 Å². The summed E-state index contributed by atoms with van der Waals surface area (Å²) in [6.45, 7) is 3.51. The monoisotopic (exact) mass is 363 g/mol. The van der Waals surface area contributed by atoms with E-state index in [4.69, 9.17) is 20.0 Å². The number of hydrogen-bond acceptors (Lipinski definition) is 6. The molecular weight excluding hydrogens is 342 g/mol. The van der Waals surface area contributed by atoms with Gasteiger partial charge < -0.3 is 14.5 Å². The van der Waals surface area contributed by atoms with Gasteiger partial charge in [0.15, 0.2) is 5.60 Å². The lowest BCUT2D eigenvalue weighted by molar-refractivity contribution is -0.0595. The van der Waals surface area contributed by atoms with E-state index in [1.807, 2.05) is 36.4 Å². The van der Waals surface area contributed by atoms with Crippen LogP contribution in [0.15, 0.2) is 36.7 Å². The quantitative estimate of drug-likeness (QED) is 0.726. The summed E-state index contributed by atoms with van der Waals surface area (Å²) in [7, 11) is 0. The van der Waals surface area contributed by atoms with Crippen LogP contribution in [0.2, 0.25) is 0 Å². The minimum atomic E-state index is -1.20. The maximum Gasteiger partial charge on any atom is 0.177 e. The third-order valence-electron chi connectivity index (χ3n) is 4.15. The predicted molar refractivity (Wildman–Crippen MR) is 96.5 cm³/mol. The van der Waals surface area contributed by atoms with Gasteiger partial charge in [0.2, 0.25) is 0 Å². The van der Waals surface area contributed by atoms with Crippen molar-refractivity contribution >= 4 is 0 Å². The van der Waals surface area contributed by atoms with Crippen LogP contribution >= 0.6 is 0 Å². The lowest BCUT2D eigenvalue weighted by Gasteiger charge is -2.28. The van der Waals surface area contributed by atoms with Crippen LogP contribution in [0, 0.1) is 34.0 Å². The zero-order chi connectivity index (χ0) is 19.7. The van der Waals surface area contributed by atoms with Gasteiger partial charge in [0, 0.05) is 6.42 Å². The molecule has 3 unspecified atom stereocenters. The first kappa shape index (κ1) is 20.1. The lowest BCUT2D eigenvalue weighted by atomic mass is 9.96. The molecule has 138 valence electrons. The molecule has 1 N–H and O–H groups in total. The molecule has 0 aliphatic rings. The Balaban J connectivity index is 2.29. The summed E-state index contributed by atoms with van der Waals surface area (Å²) in [5.74, 6) is 0. The summed E-state index contributed by atoms with van der Waals surface area (Å²) in [5, 5.41) is 27.6. The average molecular weight is 363 g/mol. The smallest absolute Gasteiger partial charge is 0.177 e. The second kappa shape index (κ2) is 9.50. The van der Waals surface area contributed by atoms with E-state index >= 15 is 0 Å². The number of nitrogens with zero attached hydrogens (tertiary/aromatic N) is 4. The van der Waals surface area contributed by atoms with Crippen molar-refractivity contribution in [1.82, 2.24) is 9.97 Å². The minimum Gasteiger partial charge on any atom is -0.357 e. The number of aromatic amines is 1. The van der Waals surface area contributed by atoms with Gasteiger partial charge in [-0.15, -0.1) is 0 Å². The van der Waals surface area contributed by atoms with Gasteiger partial charge in [0.25, 0.3) is 0 Å². The fraction of sp³-hybridized carbons (Fsp3) is 0.400. The molecule has 0 spiro atoms. The molecule has 1 aromatic carbocycles. The average Bonchev–Trinajstić information content (AvgIpc) is 3.18. The van der Waals surface area contributed by atoms with Crippen LogP contribution in [0.3, 0.4) is 0 Å². The summed E-state index contributed by atoms with van der Waals surface area (Å²) < 4.78 is 11.6. The van der Waals surface area contributed by atoms with Gasteiger partial charge in [0.1, 0.15) is 18.3 Å². The summed E-state index contributed by atoms with van der Waals surface area (Å²) in [5.41, 5.74) is 0.764. The number of nitriles is 3. The fourth-order valence-corrected chi connectivity index (χ4v) is 2.62. The maximum absolute atomic E-state index is 9.76. The standard InChI is InChI=1S/C20H21N5O2/c1-15(11-22)26-12-17-19(25-14-24-17)18(9-6-10-21)27-20(2,13-23)16-7-4-3-5-8-16/h3-5,7-8,14-15,18H,6,9,12H2,1-2H3,(H,24,25). The Kier molecular flexibility index (Phi) is 7.08. The van der Waals surface area contributed by atoms with Gasteiger partial charge in [0.05, 0.1) is 36.5 Å². The van der Waals surface area contributed by atoms with Crippen LogP contribution in [-0.2, 0) is 21.7 Å². The van der Waals surface area contributed by atoms with E-state index in [0.717, 1.165) is 5.56 Å². The zero-order valence-electron chi connectivity index (χ0n) is 15.3.